The van der Waals surface area contributed by atoms with Crippen molar-refractivity contribution in [3.05, 3.63) is 34.5 Å². The lowest BCUT2D eigenvalue weighted by atomic mass is 10.1. The monoisotopic (exact) mass is 342 g/mol. The van der Waals surface area contributed by atoms with Crippen LogP contribution in [0.2, 0.25) is 0 Å². The van der Waals surface area contributed by atoms with Gasteiger partial charge in [-0.3, -0.25) is 0 Å². The van der Waals surface area contributed by atoms with Crippen molar-refractivity contribution in [3.8, 4) is 10.4 Å². The van der Waals surface area contributed by atoms with Crippen molar-refractivity contribution in [2.24, 2.45) is 0 Å². The number of aliphatic hydroxyl groups excluding tert-OH is 1. The quantitative estimate of drug-likeness (QED) is 0.776. The van der Waals surface area contributed by atoms with Crippen LogP contribution in [0, 0.1) is 20.8 Å². The summed E-state index contributed by atoms with van der Waals surface area (Å²) in [6.45, 7) is 7.80. The van der Waals surface area contributed by atoms with E-state index in [9.17, 15) is 5.11 Å². The van der Waals surface area contributed by atoms with Crippen LogP contribution in [0.15, 0.2) is 17.5 Å². The summed E-state index contributed by atoms with van der Waals surface area (Å²) in [5, 5.41) is 17.0. The molecule has 3 aromatic rings. The lowest BCUT2D eigenvalue weighted by Crippen LogP contribution is -2.40. The summed E-state index contributed by atoms with van der Waals surface area (Å²) in [5.41, 5.74) is 5.18. The normalized spacial score (nSPS) is 18.5. The van der Waals surface area contributed by atoms with Gasteiger partial charge in [0.2, 0.25) is 0 Å². The molecule has 1 saturated heterocycles. The molecule has 0 amide bonds. The average Bonchev–Trinajstić information content (AvgIpc) is 3.15. The number of hydrogen-bond donors (Lipinski definition) is 1. The Labute approximate surface area is 145 Å². The molecule has 0 bridgehead atoms. The number of aryl methyl sites for hydroxylation is 2. The minimum atomic E-state index is -0.268. The standard InChI is InChI=1S/C18H22N4OS/c1-11-12(2)19-17-16(15-7-5-9-24-15)13(3)20-22(17)18(11)21-8-4-6-14(23)10-21/h5,7,9,14,23H,4,6,8,10H2,1-3H3. The lowest BCUT2D eigenvalue weighted by molar-refractivity contribution is 0.153. The number of aliphatic hydroxyl groups is 1. The first-order valence-electron chi connectivity index (χ1n) is 8.39. The predicted molar refractivity (Wildman–Crippen MR) is 98.0 cm³/mol. The SMILES string of the molecule is Cc1nc2c(-c3cccs3)c(C)nn2c(N2CCCC(O)C2)c1C. The van der Waals surface area contributed by atoms with Crippen molar-refractivity contribution in [2.45, 2.75) is 39.7 Å². The topological polar surface area (TPSA) is 53.7 Å². The molecule has 4 heterocycles. The molecule has 3 aromatic heterocycles. The molecular weight excluding hydrogens is 320 g/mol. The molecule has 1 fully saturated rings. The second-order valence-corrected chi connectivity index (χ2v) is 7.51. The second-order valence-electron chi connectivity index (χ2n) is 6.56. The van der Waals surface area contributed by atoms with Crippen LogP contribution in [0.4, 0.5) is 5.82 Å². The van der Waals surface area contributed by atoms with Gasteiger partial charge in [-0.25, -0.2) is 4.98 Å². The van der Waals surface area contributed by atoms with Gasteiger partial charge in [-0.15, -0.1) is 11.3 Å². The van der Waals surface area contributed by atoms with Crippen LogP contribution in [0.25, 0.3) is 16.1 Å². The van der Waals surface area contributed by atoms with E-state index in [2.05, 4.69) is 36.3 Å². The summed E-state index contributed by atoms with van der Waals surface area (Å²) < 4.78 is 1.98. The smallest absolute Gasteiger partial charge is 0.166 e. The first-order chi connectivity index (χ1) is 11.6. The summed E-state index contributed by atoms with van der Waals surface area (Å²) in [6, 6.07) is 4.18. The highest BCUT2D eigenvalue weighted by Crippen LogP contribution is 2.35. The van der Waals surface area contributed by atoms with E-state index in [0.29, 0.717) is 6.54 Å². The fourth-order valence-electron chi connectivity index (χ4n) is 3.56. The van der Waals surface area contributed by atoms with E-state index in [1.54, 1.807) is 11.3 Å². The van der Waals surface area contributed by atoms with Crippen molar-refractivity contribution in [2.75, 3.05) is 18.0 Å². The third-order valence-electron chi connectivity index (χ3n) is 4.85. The zero-order chi connectivity index (χ0) is 16.8. The van der Waals surface area contributed by atoms with Gasteiger partial charge in [-0.1, -0.05) is 6.07 Å². The zero-order valence-electron chi connectivity index (χ0n) is 14.3. The molecule has 4 rings (SSSR count). The van der Waals surface area contributed by atoms with Crippen molar-refractivity contribution < 1.29 is 5.11 Å². The molecule has 5 nitrogen and oxygen atoms in total. The number of rotatable bonds is 2. The van der Waals surface area contributed by atoms with Gasteiger partial charge in [0.15, 0.2) is 5.65 Å². The summed E-state index contributed by atoms with van der Waals surface area (Å²) in [6.07, 6.45) is 1.61. The van der Waals surface area contributed by atoms with Gasteiger partial charge in [0.25, 0.3) is 0 Å². The first kappa shape index (κ1) is 15.6. The van der Waals surface area contributed by atoms with E-state index in [1.165, 1.54) is 4.88 Å². The van der Waals surface area contributed by atoms with Gasteiger partial charge < -0.3 is 10.0 Å². The molecule has 1 aliphatic rings. The molecule has 6 heteroatoms. The van der Waals surface area contributed by atoms with E-state index in [1.807, 2.05) is 11.4 Å². The highest BCUT2D eigenvalue weighted by atomic mass is 32.1. The van der Waals surface area contributed by atoms with Gasteiger partial charge in [0.05, 0.1) is 17.4 Å². The summed E-state index contributed by atoms with van der Waals surface area (Å²) >= 11 is 1.71. The molecule has 0 saturated carbocycles. The lowest BCUT2D eigenvalue weighted by Gasteiger charge is -2.33. The van der Waals surface area contributed by atoms with Crippen LogP contribution in [0.1, 0.15) is 29.8 Å². The first-order valence-corrected chi connectivity index (χ1v) is 9.27. The van der Waals surface area contributed by atoms with E-state index < -0.39 is 0 Å². The van der Waals surface area contributed by atoms with Gasteiger partial charge in [-0.05, 0) is 45.1 Å². The number of anilines is 1. The molecule has 1 N–H and O–H groups in total. The largest absolute Gasteiger partial charge is 0.391 e. The van der Waals surface area contributed by atoms with Gasteiger partial charge >= 0.3 is 0 Å². The van der Waals surface area contributed by atoms with Crippen LogP contribution in [0.5, 0.6) is 0 Å². The molecule has 1 atom stereocenters. The Hall–Kier alpha value is -1.92. The highest BCUT2D eigenvalue weighted by molar-refractivity contribution is 7.13. The molecule has 0 aromatic carbocycles. The molecule has 126 valence electrons. The third kappa shape index (κ3) is 2.41. The Balaban J connectivity index is 1.96. The number of aromatic nitrogens is 3. The molecule has 0 radical (unpaired) electrons. The van der Waals surface area contributed by atoms with Crippen molar-refractivity contribution >= 4 is 22.8 Å². The van der Waals surface area contributed by atoms with Crippen LogP contribution < -0.4 is 4.90 Å². The molecule has 1 unspecified atom stereocenters. The number of β-amino-alcohol motifs (C(OH)–C–C–N with tert-alkyl or cyclic N) is 1. The van der Waals surface area contributed by atoms with Gasteiger partial charge in [0, 0.05) is 29.2 Å². The number of piperidine rings is 1. The van der Waals surface area contributed by atoms with E-state index >= 15 is 0 Å². The maximum atomic E-state index is 10.1. The van der Waals surface area contributed by atoms with Crippen molar-refractivity contribution in [1.82, 2.24) is 14.6 Å². The van der Waals surface area contributed by atoms with E-state index in [-0.39, 0.29) is 6.10 Å². The zero-order valence-corrected chi connectivity index (χ0v) is 15.1. The molecule has 0 spiro atoms. The third-order valence-corrected chi connectivity index (χ3v) is 5.74. The number of nitrogens with zero attached hydrogens (tertiary/aromatic N) is 4. The molecule has 0 aliphatic carbocycles. The highest BCUT2D eigenvalue weighted by Gasteiger charge is 2.25. The Morgan fingerprint density at radius 3 is 2.79 bits per heavy atom. The van der Waals surface area contributed by atoms with E-state index in [4.69, 9.17) is 10.1 Å². The maximum absolute atomic E-state index is 10.1. The van der Waals surface area contributed by atoms with Crippen LogP contribution in [0.3, 0.4) is 0 Å². The minimum Gasteiger partial charge on any atom is -0.391 e. The van der Waals surface area contributed by atoms with Crippen molar-refractivity contribution in [3.63, 3.8) is 0 Å². The fourth-order valence-corrected chi connectivity index (χ4v) is 4.37. The molecule has 24 heavy (non-hydrogen) atoms. The maximum Gasteiger partial charge on any atom is 0.166 e. The number of hydrogen-bond acceptors (Lipinski definition) is 5. The average molecular weight is 342 g/mol. The number of thiophene rings is 1. The van der Waals surface area contributed by atoms with Crippen LogP contribution in [-0.4, -0.2) is 38.9 Å². The van der Waals surface area contributed by atoms with Gasteiger partial charge in [0.1, 0.15) is 5.82 Å². The fraction of sp³-hybridized carbons (Fsp3) is 0.444. The Kier molecular flexibility index (Phi) is 3.81. The Morgan fingerprint density at radius 1 is 1.25 bits per heavy atom. The van der Waals surface area contributed by atoms with Crippen LogP contribution in [-0.2, 0) is 0 Å². The predicted octanol–water partition coefficient (Wildman–Crippen LogP) is 3.34. The number of fused-ring (bicyclic) bond motifs is 1. The Bertz CT molecular complexity index is 884. The van der Waals surface area contributed by atoms with E-state index in [0.717, 1.165) is 53.4 Å². The molecule has 1 aliphatic heterocycles. The Morgan fingerprint density at radius 2 is 2.08 bits per heavy atom. The second kappa shape index (κ2) is 5.86. The summed E-state index contributed by atoms with van der Waals surface area (Å²) in [7, 11) is 0. The minimum absolute atomic E-state index is 0.268. The van der Waals surface area contributed by atoms with Crippen LogP contribution >= 0.6 is 11.3 Å². The summed E-state index contributed by atoms with van der Waals surface area (Å²) in [5.74, 6) is 1.07. The molecular formula is C18H22N4OS. The summed E-state index contributed by atoms with van der Waals surface area (Å²) in [4.78, 5) is 8.30. The van der Waals surface area contributed by atoms with Gasteiger partial charge in [-0.2, -0.15) is 9.61 Å². The van der Waals surface area contributed by atoms with Crippen molar-refractivity contribution in [1.29, 1.82) is 0 Å².